The first kappa shape index (κ1) is 19.9. The molecule has 1 aromatic heterocycles. The van der Waals surface area contributed by atoms with E-state index in [9.17, 15) is 18.0 Å². The number of carbonyl (C=O) groups is 1. The van der Waals surface area contributed by atoms with E-state index >= 15 is 0 Å². The van der Waals surface area contributed by atoms with Gasteiger partial charge in [-0.15, -0.1) is 0 Å². The molecule has 0 spiro atoms. The molecule has 0 aliphatic heterocycles. The van der Waals surface area contributed by atoms with Crippen LogP contribution in [0.2, 0.25) is 0 Å². The van der Waals surface area contributed by atoms with Crippen molar-refractivity contribution in [2.24, 2.45) is 0 Å². The van der Waals surface area contributed by atoms with E-state index in [0.29, 0.717) is 22.3 Å². The molecule has 4 rings (SSSR count). The summed E-state index contributed by atoms with van der Waals surface area (Å²) in [5.41, 5.74) is 1.34. The number of carbonyl (C=O) groups excluding carboxylic acids is 1. The Balaban J connectivity index is 1.63. The molecule has 1 heterocycles. The van der Waals surface area contributed by atoms with Crippen molar-refractivity contribution >= 4 is 38.3 Å². The second kappa shape index (κ2) is 7.81. The normalized spacial score (nSPS) is 11.1. The fourth-order valence-corrected chi connectivity index (χ4v) is 4.12. The van der Waals surface area contributed by atoms with Gasteiger partial charge in [0, 0.05) is 5.69 Å². The van der Waals surface area contributed by atoms with Gasteiger partial charge < -0.3 is 15.3 Å². The molecule has 0 unspecified atom stereocenters. The van der Waals surface area contributed by atoms with Crippen LogP contribution in [0.25, 0.3) is 11.0 Å². The number of aromatic nitrogens is 2. The number of para-hydroxylation sites is 1. The van der Waals surface area contributed by atoms with Gasteiger partial charge in [0.1, 0.15) is 0 Å². The highest BCUT2D eigenvalue weighted by Crippen LogP contribution is 2.23. The first-order chi connectivity index (χ1) is 14.9. The van der Waals surface area contributed by atoms with Gasteiger partial charge in [-0.2, -0.15) is 5.26 Å². The summed E-state index contributed by atoms with van der Waals surface area (Å²) in [5.74, 6) is -0.543. The summed E-state index contributed by atoms with van der Waals surface area (Å²) in [6.45, 7) is 0. The predicted molar refractivity (Wildman–Crippen MR) is 115 cm³/mol. The molecule has 0 saturated carbocycles. The Morgan fingerprint density at radius 3 is 2.52 bits per heavy atom. The van der Waals surface area contributed by atoms with E-state index in [1.165, 1.54) is 36.4 Å². The first-order valence-corrected chi connectivity index (χ1v) is 10.5. The van der Waals surface area contributed by atoms with Gasteiger partial charge in [0.2, 0.25) is 0 Å². The van der Waals surface area contributed by atoms with Gasteiger partial charge in [-0.3, -0.25) is 9.52 Å². The van der Waals surface area contributed by atoms with Crippen LogP contribution in [-0.4, -0.2) is 24.3 Å². The molecule has 0 aliphatic carbocycles. The van der Waals surface area contributed by atoms with Gasteiger partial charge in [0.25, 0.3) is 15.9 Å². The van der Waals surface area contributed by atoms with E-state index in [2.05, 4.69) is 20.0 Å². The lowest BCUT2D eigenvalue weighted by molar-refractivity contribution is 0.102. The Hall–Kier alpha value is -4.36. The van der Waals surface area contributed by atoms with Crippen LogP contribution in [0.5, 0.6) is 0 Å². The van der Waals surface area contributed by atoms with Crippen molar-refractivity contribution in [1.82, 2.24) is 9.97 Å². The van der Waals surface area contributed by atoms with Crippen LogP contribution < -0.4 is 15.7 Å². The maximum absolute atomic E-state index is 12.9. The molecule has 9 nitrogen and oxygen atoms in total. The molecule has 0 radical (unpaired) electrons. The standard InChI is InChI=1S/C21H15N5O4S/c22-12-13-4-3-5-14(10-13)23-20(27)16-6-1-2-7-17(16)26-31(29,30)15-8-9-18-19(11-15)25-21(28)24-18/h1-11,26H,(H,23,27)(H2,24,25,28). The van der Waals surface area contributed by atoms with Gasteiger partial charge in [-0.05, 0) is 48.5 Å². The highest BCUT2D eigenvalue weighted by Gasteiger charge is 2.19. The third kappa shape index (κ3) is 4.17. The summed E-state index contributed by atoms with van der Waals surface area (Å²) in [4.78, 5) is 29.2. The van der Waals surface area contributed by atoms with Crippen molar-refractivity contribution in [2.45, 2.75) is 4.90 Å². The predicted octanol–water partition coefficient (Wildman–Crippen LogP) is 2.78. The van der Waals surface area contributed by atoms with Crippen molar-refractivity contribution in [1.29, 1.82) is 5.26 Å². The third-order valence-corrected chi connectivity index (χ3v) is 5.83. The van der Waals surface area contributed by atoms with E-state index in [1.807, 2.05) is 6.07 Å². The van der Waals surface area contributed by atoms with Crippen molar-refractivity contribution in [2.75, 3.05) is 10.0 Å². The van der Waals surface area contributed by atoms with Crippen molar-refractivity contribution in [3.8, 4) is 6.07 Å². The number of nitrogens with zero attached hydrogens (tertiary/aromatic N) is 1. The first-order valence-electron chi connectivity index (χ1n) is 9.01. The Morgan fingerprint density at radius 1 is 0.935 bits per heavy atom. The molecular formula is C21H15N5O4S. The van der Waals surface area contributed by atoms with Crippen molar-refractivity contribution < 1.29 is 13.2 Å². The Kier molecular flexibility index (Phi) is 5.02. The highest BCUT2D eigenvalue weighted by atomic mass is 32.2. The number of amides is 1. The van der Waals surface area contributed by atoms with Gasteiger partial charge in [-0.1, -0.05) is 18.2 Å². The number of rotatable bonds is 5. The molecule has 0 atom stereocenters. The lowest BCUT2D eigenvalue weighted by Gasteiger charge is -2.13. The molecule has 154 valence electrons. The Bertz CT molecular complexity index is 1510. The summed E-state index contributed by atoms with van der Waals surface area (Å²) >= 11 is 0. The minimum atomic E-state index is -4.04. The minimum Gasteiger partial charge on any atom is -0.322 e. The summed E-state index contributed by atoms with van der Waals surface area (Å²) in [6, 6.07) is 18.7. The van der Waals surface area contributed by atoms with Crippen LogP contribution in [-0.2, 0) is 10.0 Å². The lowest BCUT2D eigenvalue weighted by atomic mass is 10.1. The average molecular weight is 433 g/mol. The largest absolute Gasteiger partial charge is 0.323 e. The number of imidazole rings is 1. The van der Waals surface area contributed by atoms with E-state index < -0.39 is 21.6 Å². The smallest absolute Gasteiger partial charge is 0.322 e. The number of benzene rings is 3. The highest BCUT2D eigenvalue weighted by molar-refractivity contribution is 7.92. The van der Waals surface area contributed by atoms with Crippen LogP contribution in [0.1, 0.15) is 15.9 Å². The SMILES string of the molecule is N#Cc1cccc(NC(=O)c2ccccc2NS(=O)(=O)c2ccc3[nH]c(=O)[nH]c3c2)c1. The second-order valence-corrected chi connectivity index (χ2v) is 8.27. The number of anilines is 2. The fourth-order valence-electron chi connectivity index (χ4n) is 3.02. The molecule has 0 aliphatic rings. The van der Waals surface area contributed by atoms with Crippen LogP contribution >= 0.6 is 0 Å². The van der Waals surface area contributed by atoms with E-state index in [-0.39, 0.29) is 16.1 Å². The number of nitrogens with one attached hydrogen (secondary N) is 4. The number of H-pyrrole nitrogens is 2. The molecule has 3 aromatic carbocycles. The summed E-state index contributed by atoms with van der Waals surface area (Å²) in [7, 11) is -4.04. The molecule has 4 aromatic rings. The van der Waals surface area contributed by atoms with E-state index in [1.54, 1.807) is 30.3 Å². The summed E-state index contributed by atoms with van der Waals surface area (Å²) in [5, 5.41) is 11.7. The van der Waals surface area contributed by atoms with Crippen LogP contribution in [0.3, 0.4) is 0 Å². The molecular weight excluding hydrogens is 418 g/mol. The molecule has 31 heavy (non-hydrogen) atoms. The number of hydrogen-bond donors (Lipinski definition) is 4. The third-order valence-electron chi connectivity index (χ3n) is 4.46. The molecule has 4 N–H and O–H groups in total. The van der Waals surface area contributed by atoms with Crippen LogP contribution in [0, 0.1) is 11.3 Å². The zero-order valence-electron chi connectivity index (χ0n) is 15.8. The van der Waals surface area contributed by atoms with Gasteiger partial charge in [0.15, 0.2) is 0 Å². The number of hydrogen-bond acceptors (Lipinski definition) is 5. The number of fused-ring (bicyclic) bond motifs is 1. The van der Waals surface area contributed by atoms with Crippen molar-refractivity contribution in [3.05, 3.63) is 88.3 Å². The molecule has 0 fully saturated rings. The van der Waals surface area contributed by atoms with Gasteiger partial charge in [0.05, 0.1) is 38.8 Å². The maximum atomic E-state index is 12.9. The fraction of sp³-hybridized carbons (Fsp3) is 0. The average Bonchev–Trinajstić information content (AvgIpc) is 3.13. The summed E-state index contributed by atoms with van der Waals surface area (Å²) < 4.78 is 28.2. The topological polar surface area (TPSA) is 148 Å². The zero-order valence-corrected chi connectivity index (χ0v) is 16.7. The lowest BCUT2D eigenvalue weighted by Crippen LogP contribution is -2.18. The number of nitriles is 1. The van der Waals surface area contributed by atoms with E-state index in [4.69, 9.17) is 5.26 Å². The molecule has 0 saturated heterocycles. The Labute approximate surface area is 176 Å². The molecule has 10 heteroatoms. The summed E-state index contributed by atoms with van der Waals surface area (Å²) in [6.07, 6.45) is 0. The van der Waals surface area contributed by atoms with Gasteiger partial charge in [-0.25, -0.2) is 13.2 Å². The minimum absolute atomic E-state index is 0.0767. The zero-order chi connectivity index (χ0) is 22.0. The van der Waals surface area contributed by atoms with Gasteiger partial charge >= 0.3 is 5.69 Å². The van der Waals surface area contributed by atoms with Crippen molar-refractivity contribution in [3.63, 3.8) is 0 Å². The Morgan fingerprint density at radius 2 is 1.71 bits per heavy atom. The van der Waals surface area contributed by atoms with Crippen LogP contribution in [0.15, 0.2) is 76.4 Å². The monoisotopic (exact) mass is 433 g/mol. The molecule has 0 bridgehead atoms. The van der Waals surface area contributed by atoms with E-state index in [0.717, 1.165) is 0 Å². The number of aromatic amines is 2. The second-order valence-electron chi connectivity index (χ2n) is 6.58. The maximum Gasteiger partial charge on any atom is 0.323 e. The quantitative estimate of drug-likeness (QED) is 0.382. The molecule has 1 amide bonds. The van der Waals surface area contributed by atoms with Crippen LogP contribution in [0.4, 0.5) is 11.4 Å². The number of sulfonamides is 1.